The zero-order chi connectivity index (χ0) is 14.2. The molecule has 1 aliphatic rings. The Hall–Kier alpha value is -1.13. The number of nitrogens with zero attached hydrogens (tertiary/aromatic N) is 2. The van der Waals surface area contributed by atoms with Gasteiger partial charge >= 0.3 is 0 Å². The van der Waals surface area contributed by atoms with Crippen molar-refractivity contribution in [1.29, 1.82) is 0 Å². The first-order valence-electron chi connectivity index (χ1n) is 7.74. The molecule has 1 aromatic heterocycles. The molecule has 0 amide bonds. The highest BCUT2D eigenvalue weighted by atomic mass is 16.5. The Bertz CT molecular complexity index is 397. The number of likely N-dealkylation sites (tertiary alicyclic amines) is 1. The molecule has 1 fully saturated rings. The van der Waals surface area contributed by atoms with Crippen molar-refractivity contribution in [2.24, 2.45) is 5.92 Å². The Balaban J connectivity index is 1.82. The van der Waals surface area contributed by atoms with Crippen LogP contribution in [0.25, 0.3) is 0 Å². The highest BCUT2D eigenvalue weighted by molar-refractivity contribution is 5.15. The van der Waals surface area contributed by atoms with Crippen molar-refractivity contribution in [3.63, 3.8) is 0 Å². The third kappa shape index (κ3) is 4.76. The molecule has 0 aromatic carbocycles. The van der Waals surface area contributed by atoms with Gasteiger partial charge in [0.2, 0.25) is 5.88 Å². The van der Waals surface area contributed by atoms with E-state index in [1.807, 2.05) is 12.1 Å². The highest BCUT2D eigenvalue weighted by Crippen LogP contribution is 2.18. The Morgan fingerprint density at radius 3 is 3.15 bits per heavy atom. The Morgan fingerprint density at radius 1 is 1.45 bits per heavy atom. The van der Waals surface area contributed by atoms with Crippen LogP contribution in [0, 0.1) is 5.92 Å². The van der Waals surface area contributed by atoms with Gasteiger partial charge in [-0.05, 0) is 50.9 Å². The molecular weight excluding hydrogens is 250 g/mol. The number of aromatic nitrogens is 1. The van der Waals surface area contributed by atoms with E-state index >= 15 is 0 Å². The van der Waals surface area contributed by atoms with Crippen molar-refractivity contribution in [3.05, 3.63) is 23.9 Å². The fourth-order valence-electron chi connectivity index (χ4n) is 2.83. The number of hydrogen-bond acceptors (Lipinski definition) is 4. The molecule has 0 aliphatic carbocycles. The van der Waals surface area contributed by atoms with E-state index < -0.39 is 0 Å². The van der Waals surface area contributed by atoms with Crippen molar-refractivity contribution in [3.8, 4) is 5.88 Å². The fourth-order valence-corrected chi connectivity index (χ4v) is 2.83. The van der Waals surface area contributed by atoms with Crippen molar-refractivity contribution < 1.29 is 4.74 Å². The smallest absolute Gasteiger partial charge is 0.213 e. The van der Waals surface area contributed by atoms with Gasteiger partial charge in [-0.3, -0.25) is 4.90 Å². The third-order valence-corrected chi connectivity index (χ3v) is 3.84. The largest absolute Gasteiger partial charge is 0.481 e. The minimum atomic E-state index is 0.709. The van der Waals surface area contributed by atoms with Gasteiger partial charge in [0.1, 0.15) is 0 Å². The number of rotatable bonds is 7. The van der Waals surface area contributed by atoms with E-state index in [9.17, 15) is 0 Å². The molecule has 1 N–H and O–H groups in total. The zero-order valence-electron chi connectivity index (χ0n) is 12.8. The monoisotopic (exact) mass is 277 g/mol. The van der Waals surface area contributed by atoms with Crippen LogP contribution >= 0.6 is 0 Å². The first-order chi connectivity index (χ1) is 9.81. The molecule has 1 atom stereocenters. The second-order valence-corrected chi connectivity index (χ2v) is 5.62. The fraction of sp³-hybridized carbons (Fsp3) is 0.688. The molecule has 1 aromatic rings. The van der Waals surface area contributed by atoms with Gasteiger partial charge < -0.3 is 10.1 Å². The van der Waals surface area contributed by atoms with Gasteiger partial charge in [0, 0.05) is 19.2 Å². The molecule has 0 radical (unpaired) electrons. The van der Waals surface area contributed by atoms with Crippen molar-refractivity contribution in [2.45, 2.75) is 32.7 Å². The van der Waals surface area contributed by atoms with E-state index in [-0.39, 0.29) is 0 Å². The quantitative estimate of drug-likeness (QED) is 0.776. The van der Waals surface area contributed by atoms with Crippen LogP contribution in [-0.4, -0.2) is 43.2 Å². The van der Waals surface area contributed by atoms with Crippen LogP contribution < -0.4 is 10.1 Å². The predicted molar refractivity (Wildman–Crippen MR) is 82.0 cm³/mol. The average Bonchev–Trinajstić information content (AvgIpc) is 2.48. The first-order valence-corrected chi connectivity index (χ1v) is 7.74. The SMILES string of the molecule is CCCNCC1CCCN(Cc2cccc(OC)n2)C1. The highest BCUT2D eigenvalue weighted by Gasteiger charge is 2.19. The molecule has 112 valence electrons. The number of ether oxygens (including phenoxy) is 1. The predicted octanol–water partition coefficient (Wildman–Crippen LogP) is 2.30. The molecule has 0 spiro atoms. The summed E-state index contributed by atoms with van der Waals surface area (Å²) in [6, 6.07) is 6.00. The average molecular weight is 277 g/mol. The molecule has 1 aliphatic heterocycles. The van der Waals surface area contributed by atoms with Gasteiger partial charge in [-0.2, -0.15) is 0 Å². The van der Waals surface area contributed by atoms with Gasteiger partial charge in [-0.1, -0.05) is 13.0 Å². The molecule has 1 saturated heterocycles. The molecule has 4 nitrogen and oxygen atoms in total. The van der Waals surface area contributed by atoms with Crippen LogP contribution in [0.4, 0.5) is 0 Å². The van der Waals surface area contributed by atoms with E-state index in [2.05, 4.69) is 28.2 Å². The lowest BCUT2D eigenvalue weighted by atomic mass is 9.98. The second-order valence-electron chi connectivity index (χ2n) is 5.62. The van der Waals surface area contributed by atoms with E-state index in [0.717, 1.165) is 31.2 Å². The van der Waals surface area contributed by atoms with Crippen LogP contribution in [0.5, 0.6) is 5.88 Å². The summed E-state index contributed by atoms with van der Waals surface area (Å²) in [4.78, 5) is 7.02. The number of methoxy groups -OCH3 is 1. The summed E-state index contributed by atoms with van der Waals surface area (Å²) in [6.07, 6.45) is 3.85. The van der Waals surface area contributed by atoms with E-state index in [1.165, 1.54) is 32.4 Å². The van der Waals surface area contributed by atoms with E-state index in [1.54, 1.807) is 7.11 Å². The van der Waals surface area contributed by atoms with Crippen LogP contribution in [-0.2, 0) is 6.54 Å². The summed E-state index contributed by atoms with van der Waals surface area (Å²) in [5.41, 5.74) is 1.10. The lowest BCUT2D eigenvalue weighted by molar-refractivity contribution is 0.163. The van der Waals surface area contributed by atoms with Gasteiger partial charge in [0.25, 0.3) is 0 Å². The summed E-state index contributed by atoms with van der Waals surface area (Å²) >= 11 is 0. The van der Waals surface area contributed by atoms with E-state index in [0.29, 0.717) is 5.88 Å². The van der Waals surface area contributed by atoms with Crippen molar-refractivity contribution in [1.82, 2.24) is 15.2 Å². The molecule has 2 rings (SSSR count). The molecule has 1 unspecified atom stereocenters. The molecule has 4 heteroatoms. The normalized spacial score (nSPS) is 20.0. The number of piperidine rings is 1. The maximum atomic E-state index is 5.19. The van der Waals surface area contributed by atoms with Crippen molar-refractivity contribution in [2.75, 3.05) is 33.3 Å². The maximum Gasteiger partial charge on any atom is 0.213 e. The van der Waals surface area contributed by atoms with E-state index in [4.69, 9.17) is 4.74 Å². The molecular formula is C16H27N3O. The Kier molecular flexibility index (Phi) is 6.27. The first kappa shape index (κ1) is 15.3. The maximum absolute atomic E-state index is 5.19. The Labute approximate surface area is 122 Å². The van der Waals surface area contributed by atoms with Gasteiger partial charge in [0.05, 0.1) is 12.8 Å². The van der Waals surface area contributed by atoms with Gasteiger partial charge in [0.15, 0.2) is 0 Å². The van der Waals surface area contributed by atoms with Gasteiger partial charge in [-0.25, -0.2) is 4.98 Å². The minimum absolute atomic E-state index is 0.709. The summed E-state index contributed by atoms with van der Waals surface area (Å²) in [5.74, 6) is 1.49. The summed E-state index contributed by atoms with van der Waals surface area (Å²) < 4.78 is 5.19. The topological polar surface area (TPSA) is 37.4 Å². The number of hydrogen-bond donors (Lipinski definition) is 1. The van der Waals surface area contributed by atoms with Crippen LogP contribution in [0.2, 0.25) is 0 Å². The molecule has 0 saturated carbocycles. The lowest BCUT2D eigenvalue weighted by Crippen LogP contribution is -2.39. The third-order valence-electron chi connectivity index (χ3n) is 3.84. The van der Waals surface area contributed by atoms with Gasteiger partial charge in [-0.15, -0.1) is 0 Å². The standard InChI is InChI=1S/C16H27N3O/c1-3-9-17-11-14-6-5-10-19(12-14)13-15-7-4-8-16(18-15)20-2/h4,7-8,14,17H,3,5-6,9-13H2,1-2H3. The lowest BCUT2D eigenvalue weighted by Gasteiger charge is -2.32. The summed E-state index contributed by atoms with van der Waals surface area (Å²) in [5, 5.41) is 3.55. The summed E-state index contributed by atoms with van der Waals surface area (Å²) in [6.45, 7) is 7.79. The number of pyridine rings is 1. The molecule has 2 heterocycles. The Morgan fingerprint density at radius 2 is 2.35 bits per heavy atom. The molecule has 20 heavy (non-hydrogen) atoms. The minimum Gasteiger partial charge on any atom is -0.481 e. The second kappa shape index (κ2) is 8.22. The molecule has 0 bridgehead atoms. The number of nitrogens with one attached hydrogen (secondary N) is 1. The van der Waals surface area contributed by atoms with Crippen LogP contribution in [0.3, 0.4) is 0 Å². The van der Waals surface area contributed by atoms with Crippen molar-refractivity contribution >= 4 is 0 Å². The van der Waals surface area contributed by atoms with Crippen LogP contribution in [0.15, 0.2) is 18.2 Å². The van der Waals surface area contributed by atoms with Crippen LogP contribution in [0.1, 0.15) is 31.9 Å². The summed E-state index contributed by atoms with van der Waals surface area (Å²) in [7, 11) is 1.67. The zero-order valence-corrected chi connectivity index (χ0v) is 12.8.